The van der Waals surface area contributed by atoms with Crippen LogP contribution in [0.25, 0.3) is 0 Å². The van der Waals surface area contributed by atoms with Crippen LogP contribution in [0.1, 0.15) is 17.3 Å². The van der Waals surface area contributed by atoms with E-state index < -0.39 is 0 Å². The smallest absolute Gasteiger partial charge is 0.339 e. The van der Waals surface area contributed by atoms with Gasteiger partial charge in [0, 0.05) is 5.69 Å². The molecule has 76 valence electrons. The molecule has 0 aromatic heterocycles. The standard InChI is InChI=1S/C10H12INO2/c1-7(11)12-9-6-4-3-5-8(9)10(13)14-2/h3-7,12H,1-2H3. The van der Waals surface area contributed by atoms with Crippen LogP contribution in [0, 0.1) is 0 Å². The average molecular weight is 305 g/mol. The van der Waals surface area contributed by atoms with E-state index in [2.05, 4.69) is 32.6 Å². The van der Waals surface area contributed by atoms with E-state index in [-0.39, 0.29) is 10.0 Å². The van der Waals surface area contributed by atoms with Crippen LogP contribution in [-0.2, 0) is 4.74 Å². The van der Waals surface area contributed by atoms with Crippen molar-refractivity contribution in [1.82, 2.24) is 0 Å². The zero-order valence-electron chi connectivity index (χ0n) is 8.08. The van der Waals surface area contributed by atoms with Gasteiger partial charge in [-0.15, -0.1) is 0 Å². The highest BCUT2D eigenvalue weighted by atomic mass is 127. The third kappa shape index (κ3) is 2.87. The monoisotopic (exact) mass is 305 g/mol. The van der Waals surface area contributed by atoms with Gasteiger partial charge >= 0.3 is 5.97 Å². The number of nitrogens with one attached hydrogen (secondary N) is 1. The first-order chi connectivity index (χ1) is 6.65. The van der Waals surface area contributed by atoms with Crippen molar-refractivity contribution in [3.05, 3.63) is 29.8 Å². The molecule has 1 rings (SSSR count). The van der Waals surface area contributed by atoms with Crippen molar-refractivity contribution in [2.45, 2.75) is 11.0 Å². The summed E-state index contributed by atoms with van der Waals surface area (Å²) in [5, 5.41) is 3.17. The van der Waals surface area contributed by atoms with E-state index in [1.54, 1.807) is 6.07 Å². The van der Waals surface area contributed by atoms with Crippen LogP contribution >= 0.6 is 22.6 Å². The average Bonchev–Trinajstić information content (AvgIpc) is 2.16. The molecular weight excluding hydrogens is 293 g/mol. The number of para-hydroxylation sites is 1. The third-order valence-corrected chi connectivity index (χ3v) is 2.00. The highest BCUT2D eigenvalue weighted by Gasteiger charge is 2.11. The topological polar surface area (TPSA) is 38.3 Å². The fraction of sp³-hybridized carbons (Fsp3) is 0.300. The van der Waals surface area contributed by atoms with E-state index >= 15 is 0 Å². The summed E-state index contributed by atoms with van der Waals surface area (Å²) in [6, 6.07) is 7.30. The highest BCUT2D eigenvalue weighted by Crippen LogP contribution is 2.18. The minimum absolute atomic E-state index is 0.262. The lowest BCUT2D eigenvalue weighted by molar-refractivity contribution is 0.0602. The second-order valence-electron chi connectivity index (χ2n) is 2.80. The van der Waals surface area contributed by atoms with E-state index in [9.17, 15) is 4.79 Å². The number of methoxy groups -OCH3 is 1. The van der Waals surface area contributed by atoms with E-state index in [0.717, 1.165) is 5.69 Å². The molecule has 1 unspecified atom stereocenters. The van der Waals surface area contributed by atoms with Gasteiger partial charge in [0.25, 0.3) is 0 Å². The Balaban J connectivity index is 2.97. The summed E-state index contributed by atoms with van der Waals surface area (Å²) in [5.74, 6) is -0.315. The summed E-state index contributed by atoms with van der Waals surface area (Å²) in [4.78, 5) is 11.4. The Morgan fingerprint density at radius 2 is 2.14 bits per heavy atom. The molecule has 0 fully saturated rings. The Morgan fingerprint density at radius 1 is 1.50 bits per heavy atom. The minimum Gasteiger partial charge on any atom is -0.465 e. The molecule has 14 heavy (non-hydrogen) atoms. The second-order valence-corrected chi connectivity index (χ2v) is 4.67. The maximum atomic E-state index is 11.4. The Kier molecular flexibility index (Phi) is 4.19. The Labute approximate surface area is 97.0 Å². The van der Waals surface area contributed by atoms with Gasteiger partial charge < -0.3 is 10.1 Å². The van der Waals surface area contributed by atoms with Crippen LogP contribution in [0.15, 0.2) is 24.3 Å². The zero-order chi connectivity index (χ0) is 10.6. The zero-order valence-corrected chi connectivity index (χ0v) is 10.2. The van der Waals surface area contributed by atoms with Gasteiger partial charge in [0.1, 0.15) is 0 Å². The van der Waals surface area contributed by atoms with Gasteiger partial charge in [0.15, 0.2) is 0 Å². The normalized spacial score (nSPS) is 11.9. The predicted octanol–water partition coefficient (Wildman–Crippen LogP) is 2.67. The number of benzene rings is 1. The number of carbonyl (C=O) groups excluding carboxylic acids is 1. The van der Waals surface area contributed by atoms with Crippen LogP contribution in [0.5, 0.6) is 0 Å². The quantitative estimate of drug-likeness (QED) is 0.404. The molecule has 0 aliphatic rings. The molecule has 0 spiro atoms. The van der Waals surface area contributed by atoms with E-state index in [0.29, 0.717) is 5.56 Å². The molecule has 1 aromatic carbocycles. The van der Waals surface area contributed by atoms with Crippen LogP contribution in [0.3, 0.4) is 0 Å². The summed E-state index contributed by atoms with van der Waals surface area (Å²) in [6.45, 7) is 2.01. The van der Waals surface area contributed by atoms with Crippen LogP contribution < -0.4 is 5.32 Å². The van der Waals surface area contributed by atoms with Gasteiger partial charge in [-0.1, -0.05) is 34.7 Å². The molecule has 0 aliphatic heterocycles. The second kappa shape index (κ2) is 5.19. The van der Waals surface area contributed by atoms with Gasteiger partial charge in [0.05, 0.1) is 16.7 Å². The highest BCUT2D eigenvalue weighted by molar-refractivity contribution is 14.1. The molecule has 3 nitrogen and oxygen atoms in total. The Hall–Kier alpha value is -0.780. The van der Waals surface area contributed by atoms with Crippen molar-refractivity contribution >= 4 is 34.2 Å². The molecule has 0 aliphatic carbocycles. The molecule has 0 saturated carbocycles. The lowest BCUT2D eigenvalue weighted by Gasteiger charge is -2.11. The number of hydrogen-bond acceptors (Lipinski definition) is 3. The van der Waals surface area contributed by atoms with Gasteiger partial charge in [-0.3, -0.25) is 0 Å². The summed E-state index contributed by atoms with van der Waals surface area (Å²) >= 11 is 2.23. The van der Waals surface area contributed by atoms with Crippen LogP contribution in [0.2, 0.25) is 0 Å². The Bertz CT molecular complexity index is 326. The number of rotatable bonds is 3. The summed E-state index contributed by atoms with van der Waals surface area (Å²) in [7, 11) is 1.38. The lowest BCUT2D eigenvalue weighted by atomic mass is 10.2. The summed E-state index contributed by atoms with van der Waals surface area (Å²) in [6.07, 6.45) is 0. The number of carbonyl (C=O) groups is 1. The van der Waals surface area contributed by atoms with Crippen molar-refractivity contribution < 1.29 is 9.53 Å². The molecule has 1 atom stereocenters. The molecule has 0 heterocycles. The molecule has 0 radical (unpaired) electrons. The van der Waals surface area contributed by atoms with Gasteiger partial charge in [-0.05, 0) is 19.1 Å². The number of anilines is 1. The largest absolute Gasteiger partial charge is 0.465 e. The number of esters is 1. The maximum Gasteiger partial charge on any atom is 0.339 e. The van der Waals surface area contributed by atoms with E-state index in [1.165, 1.54) is 7.11 Å². The van der Waals surface area contributed by atoms with Gasteiger partial charge in [0.2, 0.25) is 0 Å². The van der Waals surface area contributed by atoms with Crippen LogP contribution in [-0.4, -0.2) is 17.1 Å². The van der Waals surface area contributed by atoms with Crippen LogP contribution in [0.4, 0.5) is 5.69 Å². The molecular formula is C10H12INO2. The number of alkyl halides is 1. The number of hydrogen-bond donors (Lipinski definition) is 1. The SMILES string of the molecule is COC(=O)c1ccccc1NC(C)I. The van der Waals surface area contributed by atoms with Crippen molar-refractivity contribution in [2.24, 2.45) is 0 Å². The van der Waals surface area contributed by atoms with Crippen molar-refractivity contribution in [1.29, 1.82) is 0 Å². The predicted molar refractivity (Wildman–Crippen MR) is 64.9 cm³/mol. The fourth-order valence-electron chi connectivity index (χ4n) is 1.11. The fourth-order valence-corrected chi connectivity index (χ4v) is 1.45. The Morgan fingerprint density at radius 3 is 2.71 bits per heavy atom. The molecule has 1 aromatic rings. The van der Waals surface area contributed by atoms with Crippen molar-refractivity contribution in [2.75, 3.05) is 12.4 Å². The first kappa shape index (κ1) is 11.3. The van der Waals surface area contributed by atoms with Crippen molar-refractivity contribution in [3.8, 4) is 0 Å². The summed E-state index contributed by atoms with van der Waals surface area (Å²) in [5.41, 5.74) is 1.37. The number of halogens is 1. The minimum atomic E-state index is -0.315. The van der Waals surface area contributed by atoms with E-state index in [4.69, 9.17) is 0 Å². The first-order valence-corrected chi connectivity index (χ1v) is 5.47. The maximum absolute atomic E-state index is 11.4. The lowest BCUT2D eigenvalue weighted by Crippen LogP contribution is -2.11. The molecule has 0 amide bonds. The molecule has 1 N–H and O–H groups in total. The third-order valence-electron chi connectivity index (χ3n) is 1.69. The number of ether oxygens (including phenoxy) is 1. The summed E-state index contributed by atoms with van der Waals surface area (Å²) < 4.78 is 4.94. The van der Waals surface area contributed by atoms with Crippen molar-refractivity contribution in [3.63, 3.8) is 0 Å². The first-order valence-electron chi connectivity index (χ1n) is 4.23. The van der Waals surface area contributed by atoms with Gasteiger partial charge in [-0.2, -0.15) is 0 Å². The molecule has 0 saturated heterocycles. The van der Waals surface area contributed by atoms with Gasteiger partial charge in [-0.25, -0.2) is 4.79 Å². The van der Waals surface area contributed by atoms with E-state index in [1.807, 2.05) is 25.1 Å². The molecule has 4 heteroatoms. The molecule has 0 bridgehead atoms.